The van der Waals surface area contributed by atoms with Gasteiger partial charge in [-0.2, -0.15) is 0 Å². The number of sulfone groups is 1. The van der Waals surface area contributed by atoms with Crippen LogP contribution in [0.2, 0.25) is 0 Å². The van der Waals surface area contributed by atoms with Crippen LogP contribution in [-0.2, 0) is 14.6 Å². The number of nitrogens with one attached hydrogen (secondary N) is 1. The quantitative estimate of drug-likeness (QED) is 0.765. The van der Waals surface area contributed by atoms with Gasteiger partial charge in [0, 0.05) is 11.8 Å². The summed E-state index contributed by atoms with van der Waals surface area (Å²) in [5, 5.41) is 12.9. The maximum absolute atomic E-state index is 11.7. The largest absolute Gasteiger partial charge is 0.388 e. The number of hydrogen-bond acceptors (Lipinski definition) is 5. The average Bonchev–Trinajstić information content (AvgIpc) is 2.91. The Balaban J connectivity index is 1.65. The van der Waals surface area contributed by atoms with E-state index in [4.69, 9.17) is 0 Å². The molecule has 1 heterocycles. The molecule has 2 rings (SSSR count). The number of hydrogen-bond donors (Lipinski definition) is 2. The van der Waals surface area contributed by atoms with Gasteiger partial charge in [0.05, 0.1) is 22.9 Å². The van der Waals surface area contributed by atoms with Gasteiger partial charge in [0.1, 0.15) is 0 Å². The van der Waals surface area contributed by atoms with Gasteiger partial charge in [-0.15, -0.1) is 11.8 Å². The summed E-state index contributed by atoms with van der Waals surface area (Å²) in [5.41, 5.74) is -0.725. The molecule has 110 valence electrons. The second-order valence-electron chi connectivity index (χ2n) is 5.54. The Bertz CT molecular complexity index is 429. The molecule has 1 unspecified atom stereocenters. The molecule has 5 nitrogen and oxygen atoms in total. The molecule has 2 fully saturated rings. The Morgan fingerprint density at radius 2 is 2.05 bits per heavy atom. The third-order valence-electron chi connectivity index (χ3n) is 3.79. The van der Waals surface area contributed by atoms with E-state index in [1.54, 1.807) is 0 Å². The summed E-state index contributed by atoms with van der Waals surface area (Å²) in [6.45, 7) is 0.315. The van der Waals surface area contributed by atoms with Gasteiger partial charge in [-0.25, -0.2) is 8.42 Å². The van der Waals surface area contributed by atoms with E-state index < -0.39 is 15.4 Å². The second kappa shape index (κ2) is 6.01. The first-order valence-electron chi connectivity index (χ1n) is 6.70. The lowest BCUT2D eigenvalue weighted by molar-refractivity contribution is -0.119. The van der Waals surface area contributed by atoms with Gasteiger partial charge in [-0.3, -0.25) is 4.79 Å². The van der Waals surface area contributed by atoms with E-state index in [9.17, 15) is 18.3 Å². The molecule has 0 aromatic carbocycles. The van der Waals surface area contributed by atoms with Crippen molar-refractivity contribution in [3.05, 3.63) is 0 Å². The maximum Gasteiger partial charge on any atom is 0.230 e. The molecule has 1 amide bonds. The summed E-state index contributed by atoms with van der Waals surface area (Å²) in [6, 6.07) is 0. The lowest BCUT2D eigenvalue weighted by atomic mass is 10.0. The highest BCUT2D eigenvalue weighted by molar-refractivity contribution is 8.02. The molecule has 0 aromatic rings. The first kappa shape index (κ1) is 15.1. The Morgan fingerprint density at radius 3 is 2.63 bits per heavy atom. The van der Waals surface area contributed by atoms with Crippen molar-refractivity contribution in [2.45, 2.75) is 43.0 Å². The Kier molecular flexibility index (Phi) is 4.79. The monoisotopic (exact) mass is 307 g/mol. The van der Waals surface area contributed by atoms with Crippen molar-refractivity contribution in [2.24, 2.45) is 0 Å². The van der Waals surface area contributed by atoms with Crippen LogP contribution in [0.3, 0.4) is 0 Å². The Hall–Kier alpha value is -0.270. The van der Waals surface area contributed by atoms with Crippen LogP contribution in [-0.4, -0.2) is 54.1 Å². The average molecular weight is 307 g/mol. The molecule has 0 bridgehead atoms. The fourth-order valence-corrected chi connectivity index (χ4v) is 6.08. The maximum atomic E-state index is 11.7. The smallest absolute Gasteiger partial charge is 0.230 e. The summed E-state index contributed by atoms with van der Waals surface area (Å²) in [5.74, 6) is 0.589. The molecular formula is C12H21NO4S2. The van der Waals surface area contributed by atoms with Crippen LogP contribution >= 0.6 is 11.8 Å². The van der Waals surface area contributed by atoms with Crippen molar-refractivity contribution in [3.63, 3.8) is 0 Å². The molecule has 7 heteroatoms. The minimum Gasteiger partial charge on any atom is -0.388 e. The number of amides is 1. The molecule has 1 aliphatic carbocycles. The number of carbonyl (C=O) groups excluding carboxylic acids is 1. The predicted octanol–water partition coefficient (Wildman–Crippen LogP) is 0.328. The van der Waals surface area contributed by atoms with Crippen LogP contribution in [0.5, 0.6) is 0 Å². The van der Waals surface area contributed by atoms with Gasteiger partial charge in [0.2, 0.25) is 5.91 Å². The summed E-state index contributed by atoms with van der Waals surface area (Å²) in [7, 11) is -2.87. The van der Waals surface area contributed by atoms with E-state index in [1.807, 2.05) is 0 Å². The number of thioether (sulfide) groups is 1. The molecule has 0 radical (unpaired) electrons. The summed E-state index contributed by atoms with van der Waals surface area (Å²) in [4.78, 5) is 11.7. The predicted molar refractivity (Wildman–Crippen MR) is 75.9 cm³/mol. The molecule has 19 heavy (non-hydrogen) atoms. The van der Waals surface area contributed by atoms with E-state index >= 15 is 0 Å². The zero-order valence-electron chi connectivity index (χ0n) is 10.9. The van der Waals surface area contributed by atoms with Gasteiger partial charge in [0.15, 0.2) is 9.84 Å². The van der Waals surface area contributed by atoms with Gasteiger partial charge in [-0.1, -0.05) is 12.8 Å². The molecule has 1 saturated heterocycles. The third kappa shape index (κ3) is 4.65. The highest BCUT2D eigenvalue weighted by atomic mass is 32.2. The third-order valence-corrected chi connectivity index (χ3v) is 7.07. The van der Waals surface area contributed by atoms with Gasteiger partial charge >= 0.3 is 0 Å². The van der Waals surface area contributed by atoms with Gasteiger partial charge in [-0.05, 0) is 19.3 Å². The van der Waals surface area contributed by atoms with Crippen LogP contribution in [0.15, 0.2) is 0 Å². The van der Waals surface area contributed by atoms with Crippen LogP contribution in [0.25, 0.3) is 0 Å². The van der Waals surface area contributed by atoms with E-state index in [1.165, 1.54) is 11.8 Å². The zero-order chi connectivity index (χ0) is 13.9. The second-order valence-corrected chi connectivity index (χ2v) is 9.06. The fourth-order valence-electron chi connectivity index (χ4n) is 2.61. The summed E-state index contributed by atoms with van der Waals surface area (Å²) in [6.07, 6.45) is 4.18. The summed E-state index contributed by atoms with van der Waals surface area (Å²) < 4.78 is 22.6. The number of rotatable bonds is 5. The first-order valence-corrected chi connectivity index (χ1v) is 9.57. The lowest BCUT2D eigenvalue weighted by Crippen LogP contribution is -2.41. The molecule has 2 aliphatic rings. The highest BCUT2D eigenvalue weighted by Gasteiger charge is 2.32. The van der Waals surface area contributed by atoms with Crippen molar-refractivity contribution >= 4 is 27.5 Å². The van der Waals surface area contributed by atoms with E-state index in [0.29, 0.717) is 13.0 Å². The summed E-state index contributed by atoms with van der Waals surface area (Å²) >= 11 is 1.40. The minimum atomic E-state index is -2.87. The molecule has 1 aliphatic heterocycles. The van der Waals surface area contributed by atoms with Crippen LogP contribution < -0.4 is 5.32 Å². The molecule has 0 spiro atoms. The SMILES string of the molecule is O=C(CSC1CCS(=O)(=O)C1)NCC1(O)CCCC1. The van der Waals surface area contributed by atoms with Crippen molar-refractivity contribution in [2.75, 3.05) is 23.8 Å². The molecule has 0 aromatic heterocycles. The topological polar surface area (TPSA) is 83.5 Å². The van der Waals surface area contributed by atoms with Crippen molar-refractivity contribution in [3.8, 4) is 0 Å². The normalized spacial score (nSPS) is 28.4. The Labute approximate surface area is 118 Å². The van der Waals surface area contributed by atoms with Crippen molar-refractivity contribution < 1.29 is 18.3 Å². The first-order chi connectivity index (χ1) is 8.89. The Morgan fingerprint density at radius 1 is 1.37 bits per heavy atom. The standard InChI is InChI=1S/C12H21NO4S2/c14-11(13-9-12(15)4-1-2-5-12)7-18-10-3-6-19(16,17)8-10/h10,15H,1-9H2,(H,13,14). The van der Waals surface area contributed by atoms with Crippen molar-refractivity contribution in [1.82, 2.24) is 5.32 Å². The van der Waals surface area contributed by atoms with Gasteiger partial charge < -0.3 is 10.4 Å². The minimum absolute atomic E-state index is 0.0466. The fraction of sp³-hybridized carbons (Fsp3) is 0.917. The molecule has 1 atom stereocenters. The van der Waals surface area contributed by atoms with E-state index in [-0.39, 0.29) is 28.4 Å². The number of aliphatic hydroxyl groups is 1. The van der Waals surface area contributed by atoms with E-state index in [2.05, 4.69) is 5.32 Å². The number of carbonyl (C=O) groups is 1. The van der Waals surface area contributed by atoms with Crippen molar-refractivity contribution in [1.29, 1.82) is 0 Å². The zero-order valence-corrected chi connectivity index (χ0v) is 12.6. The van der Waals surface area contributed by atoms with Crippen LogP contribution in [0, 0.1) is 0 Å². The lowest BCUT2D eigenvalue weighted by Gasteiger charge is -2.22. The molecular weight excluding hydrogens is 286 g/mol. The van der Waals surface area contributed by atoms with Crippen LogP contribution in [0.4, 0.5) is 0 Å². The van der Waals surface area contributed by atoms with Gasteiger partial charge in [0.25, 0.3) is 0 Å². The van der Waals surface area contributed by atoms with E-state index in [0.717, 1.165) is 25.7 Å². The molecule has 1 saturated carbocycles. The van der Waals surface area contributed by atoms with Crippen LogP contribution in [0.1, 0.15) is 32.1 Å². The molecule has 2 N–H and O–H groups in total. The highest BCUT2D eigenvalue weighted by Crippen LogP contribution is 2.28.